The van der Waals surface area contributed by atoms with E-state index in [0.29, 0.717) is 5.19 Å². The van der Waals surface area contributed by atoms with Crippen molar-refractivity contribution in [2.24, 2.45) is 0 Å². The monoisotopic (exact) mass is 243 g/mol. The van der Waals surface area contributed by atoms with Gasteiger partial charge in [0.1, 0.15) is 0 Å². The van der Waals surface area contributed by atoms with E-state index in [4.69, 9.17) is 0 Å². The van der Waals surface area contributed by atoms with Gasteiger partial charge in [0.05, 0.1) is 0 Å². The summed E-state index contributed by atoms with van der Waals surface area (Å²) < 4.78 is 0. The Morgan fingerprint density at radius 1 is 0.941 bits per heavy atom. The maximum absolute atomic E-state index is 9.46. The molecule has 0 saturated heterocycles. The summed E-state index contributed by atoms with van der Waals surface area (Å²) in [4.78, 5) is 18.9. The molecule has 2 aromatic carbocycles. The topological polar surface area (TPSA) is 40.5 Å². The molecule has 0 atom stereocenters. The van der Waals surface area contributed by atoms with Gasteiger partial charge in [-0.15, -0.1) is 0 Å². The van der Waals surface area contributed by atoms with Crippen molar-refractivity contribution in [3.8, 4) is 11.1 Å². The van der Waals surface area contributed by atoms with Crippen molar-refractivity contribution in [3.05, 3.63) is 54.1 Å². The van der Waals surface area contributed by atoms with Gasteiger partial charge in [0, 0.05) is 0 Å². The van der Waals surface area contributed by atoms with Crippen molar-refractivity contribution in [1.29, 1.82) is 0 Å². The number of aryl methyl sites for hydroxylation is 1. The average Bonchev–Trinajstić information content (AvgIpc) is 2.39. The second-order valence-electron chi connectivity index (χ2n) is 3.92. The second-order valence-corrected chi connectivity index (χ2v) is 5.10. The predicted octanol–water partition coefficient (Wildman–Crippen LogP) is 1.60. The largest absolute Gasteiger partial charge is 0.418 e. The number of benzene rings is 2. The van der Waals surface area contributed by atoms with Gasteiger partial charge in [0.2, 0.25) is 0 Å². The first kappa shape index (κ1) is 12.0. The maximum Gasteiger partial charge on any atom is 0.418 e. The van der Waals surface area contributed by atoms with Crippen molar-refractivity contribution < 1.29 is 9.59 Å². The lowest BCUT2D eigenvalue weighted by Crippen LogP contribution is -2.33. The van der Waals surface area contributed by atoms with E-state index in [9.17, 15) is 9.59 Å². The molecule has 87 valence electrons. The van der Waals surface area contributed by atoms with Crippen LogP contribution in [-0.4, -0.2) is 18.9 Å². The molecular formula is C14H15O2Si. The summed E-state index contributed by atoms with van der Waals surface area (Å²) in [5.41, 5.74) is 3.15. The number of hydrogen-bond acceptors (Lipinski definition) is 2. The molecule has 0 aliphatic rings. The first-order valence-corrected chi connectivity index (χ1v) is 7.05. The summed E-state index contributed by atoms with van der Waals surface area (Å²) in [7, 11) is -2.38. The molecule has 0 spiro atoms. The van der Waals surface area contributed by atoms with Crippen molar-refractivity contribution in [2.45, 2.75) is 13.3 Å². The minimum atomic E-state index is -2.38. The molecule has 3 heteroatoms. The zero-order chi connectivity index (χ0) is 12.3. The van der Waals surface area contributed by atoms with Gasteiger partial charge in [-0.3, -0.25) is 0 Å². The van der Waals surface area contributed by atoms with Crippen LogP contribution in [0.1, 0.15) is 12.5 Å². The van der Waals surface area contributed by atoms with Gasteiger partial charge in [-0.1, -0.05) is 55.5 Å². The summed E-state index contributed by atoms with van der Waals surface area (Å²) in [5.74, 6) is 0. The van der Waals surface area contributed by atoms with Gasteiger partial charge >= 0.3 is 9.28 Å². The molecule has 0 aliphatic heterocycles. The van der Waals surface area contributed by atoms with Crippen LogP contribution in [0.25, 0.3) is 11.1 Å². The Morgan fingerprint density at radius 3 is 2.24 bits per heavy atom. The lowest BCUT2D eigenvalue weighted by Gasteiger charge is -2.10. The Labute approximate surface area is 103 Å². The third-order valence-corrected chi connectivity index (χ3v) is 3.79. The Bertz CT molecular complexity index is 495. The first-order valence-electron chi connectivity index (χ1n) is 5.66. The highest BCUT2D eigenvalue weighted by Crippen LogP contribution is 2.18. The van der Waals surface area contributed by atoms with Crippen LogP contribution in [0, 0.1) is 0 Å². The van der Waals surface area contributed by atoms with Crippen LogP contribution in [0.15, 0.2) is 48.5 Å². The Hall–Kier alpha value is -1.42. The smallest absolute Gasteiger partial charge is 0.406 e. The minimum Gasteiger partial charge on any atom is -0.406 e. The fourth-order valence-electron chi connectivity index (χ4n) is 1.90. The van der Waals surface area contributed by atoms with Crippen LogP contribution in [0.5, 0.6) is 0 Å². The highest BCUT2D eigenvalue weighted by molar-refractivity contribution is 6.59. The number of rotatable bonds is 3. The molecule has 17 heavy (non-hydrogen) atoms. The summed E-state index contributed by atoms with van der Waals surface area (Å²) in [6.07, 6.45) is 0.819. The molecule has 2 N–H and O–H groups in total. The van der Waals surface area contributed by atoms with Gasteiger partial charge in [-0.05, 0) is 28.3 Å². The third-order valence-electron chi connectivity index (χ3n) is 2.84. The lowest BCUT2D eigenvalue weighted by molar-refractivity contribution is 0.425. The summed E-state index contributed by atoms with van der Waals surface area (Å²) >= 11 is 0. The molecule has 0 bridgehead atoms. The average molecular weight is 243 g/mol. The van der Waals surface area contributed by atoms with Crippen LogP contribution in [0.3, 0.4) is 0 Å². The zero-order valence-electron chi connectivity index (χ0n) is 9.72. The van der Waals surface area contributed by atoms with Crippen molar-refractivity contribution >= 4 is 14.5 Å². The molecule has 0 heterocycles. The summed E-state index contributed by atoms with van der Waals surface area (Å²) in [6.45, 7) is 2.02. The van der Waals surface area contributed by atoms with E-state index in [2.05, 4.69) is 0 Å². The lowest BCUT2D eigenvalue weighted by atomic mass is 10.0. The molecule has 2 nitrogen and oxygen atoms in total. The molecular weight excluding hydrogens is 228 g/mol. The van der Waals surface area contributed by atoms with E-state index in [1.54, 1.807) is 0 Å². The van der Waals surface area contributed by atoms with Gasteiger partial charge in [-0.2, -0.15) is 0 Å². The molecule has 0 aliphatic carbocycles. The quantitative estimate of drug-likeness (QED) is 0.804. The van der Waals surface area contributed by atoms with Gasteiger partial charge < -0.3 is 9.59 Å². The summed E-state index contributed by atoms with van der Waals surface area (Å²) in [5, 5.41) is 0.693. The fourth-order valence-corrected chi connectivity index (χ4v) is 2.74. The Kier molecular flexibility index (Phi) is 3.74. The molecule has 0 unspecified atom stereocenters. The van der Waals surface area contributed by atoms with E-state index in [0.717, 1.165) is 23.1 Å². The molecule has 2 aromatic rings. The fraction of sp³-hybridized carbons (Fsp3) is 0.143. The molecule has 0 amide bonds. The minimum absolute atomic E-state index is 0.693. The third kappa shape index (κ3) is 2.64. The van der Waals surface area contributed by atoms with Crippen molar-refractivity contribution in [2.75, 3.05) is 0 Å². The van der Waals surface area contributed by atoms with E-state index in [1.807, 2.05) is 55.5 Å². The normalized spacial score (nSPS) is 10.8. The van der Waals surface area contributed by atoms with Crippen LogP contribution >= 0.6 is 0 Å². The number of hydrogen-bond donors (Lipinski definition) is 2. The highest BCUT2D eigenvalue weighted by atomic mass is 28.3. The molecule has 0 saturated carbocycles. The Morgan fingerprint density at radius 2 is 1.65 bits per heavy atom. The van der Waals surface area contributed by atoms with Gasteiger partial charge in [0.25, 0.3) is 0 Å². The van der Waals surface area contributed by atoms with Crippen molar-refractivity contribution in [3.63, 3.8) is 0 Å². The van der Waals surface area contributed by atoms with Gasteiger partial charge in [0.15, 0.2) is 0 Å². The van der Waals surface area contributed by atoms with E-state index >= 15 is 0 Å². The van der Waals surface area contributed by atoms with Crippen molar-refractivity contribution in [1.82, 2.24) is 0 Å². The van der Waals surface area contributed by atoms with Crippen LogP contribution < -0.4 is 5.19 Å². The van der Waals surface area contributed by atoms with Crippen LogP contribution in [0.4, 0.5) is 0 Å². The van der Waals surface area contributed by atoms with E-state index < -0.39 is 9.28 Å². The van der Waals surface area contributed by atoms with E-state index in [-0.39, 0.29) is 0 Å². The SMILES string of the molecule is CCc1ccc(-c2ccccc2)cc1[Si](O)O. The molecule has 0 aromatic heterocycles. The highest BCUT2D eigenvalue weighted by Gasteiger charge is 2.14. The first-order chi connectivity index (χ1) is 8.22. The maximum atomic E-state index is 9.46. The molecule has 2 rings (SSSR count). The zero-order valence-corrected chi connectivity index (χ0v) is 10.7. The standard InChI is InChI=1S/C14H15O2Si/c1-2-11-8-9-13(10-14(11)17(15)16)12-6-4-3-5-7-12/h3-10,15-16H,2H2,1H3. The molecule has 1 radical (unpaired) electrons. The predicted molar refractivity (Wildman–Crippen MR) is 71.1 cm³/mol. The van der Waals surface area contributed by atoms with Crippen LogP contribution in [0.2, 0.25) is 0 Å². The Balaban J connectivity index is 2.48. The van der Waals surface area contributed by atoms with E-state index in [1.165, 1.54) is 0 Å². The molecule has 0 fully saturated rings. The summed E-state index contributed by atoms with van der Waals surface area (Å²) in [6, 6.07) is 15.9. The van der Waals surface area contributed by atoms with Crippen LogP contribution in [-0.2, 0) is 6.42 Å². The second kappa shape index (κ2) is 5.27. The van der Waals surface area contributed by atoms with Gasteiger partial charge in [-0.25, -0.2) is 0 Å².